The maximum absolute atomic E-state index is 13.8. The third kappa shape index (κ3) is 3.94. The lowest BCUT2D eigenvalue weighted by molar-refractivity contribution is 0.296. The van der Waals surface area contributed by atoms with Gasteiger partial charge in [0.15, 0.2) is 11.5 Å². The highest BCUT2D eigenvalue weighted by atomic mass is 32.2. The zero-order valence-electron chi connectivity index (χ0n) is 17.7. The van der Waals surface area contributed by atoms with Crippen molar-refractivity contribution in [1.29, 1.82) is 0 Å². The molecule has 2 aromatic carbocycles. The van der Waals surface area contributed by atoms with E-state index in [1.54, 1.807) is 22.8 Å². The summed E-state index contributed by atoms with van der Waals surface area (Å²) < 4.78 is 41.9. The predicted molar refractivity (Wildman–Crippen MR) is 117 cm³/mol. The molecule has 0 aromatic heterocycles. The summed E-state index contributed by atoms with van der Waals surface area (Å²) in [6.07, 6.45) is 4.67. The Labute approximate surface area is 179 Å². The van der Waals surface area contributed by atoms with Crippen LogP contribution in [-0.2, 0) is 16.6 Å². The highest BCUT2D eigenvalue weighted by molar-refractivity contribution is 7.86. The summed E-state index contributed by atoms with van der Waals surface area (Å²) >= 11 is 0. The molecule has 7 heteroatoms. The molecule has 2 aliphatic heterocycles. The number of fused-ring (bicyclic) bond motifs is 1. The number of hydrogen-bond donors (Lipinski definition) is 0. The van der Waals surface area contributed by atoms with Crippen LogP contribution in [0.4, 0.5) is 0 Å². The van der Waals surface area contributed by atoms with E-state index >= 15 is 0 Å². The lowest BCUT2D eigenvalue weighted by atomic mass is 9.89. The van der Waals surface area contributed by atoms with Crippen LogP contribution in [0.15, 0.2) is 42.5 Å². The Morgan fingerprint density at radius 1 is 0.867 bits per heavy atom. The second-order valence-electron chi connectivity index (χ2n) is 7.90. The van der Waals surface area contributed by atoms with Gasteiger partial charge in [-0.15, -0.1) is 0 Å². The monoisotopic (exact) mass is 430 g/mol. The largest absolute Gasteiger partial charge is 0.493 e. The van der Waals surface area contributed by atoms with E-state index < -0.39 is 10.2 Å². The molecule has 0 N–H and O–H groups in total. The Bertz CT molecular complexity index is 970. The van der Waals surface area contributed by atoms with Crippen molar-refractivity contribution in [2.75, 3.05) is 33.9 Å². The van der Waals surface area contributed by atoms with Crippen LogP contribution in [0.1, 0.15) is 48.4 Å². The third-order valence-electron chi connectivity index (χ3n) is 6.13. The van der Waals surface area contributed by atoms with Gasteiger partial charge >= 0.3 is 0 Å². The number of hydrogen-bond acceptors (Lipinski definition) is 4. The van der Waals surface area contributed by atoms with Gasteiger partial charge in [-0.2, -0.15) is 17.0 Å². The molecule has 2 heterocycles. The summed E-state index contributed by atoms with van der Waals surface area (Å²) in [7, 11) is -0.359. The SMILES string of the molecule is COc1cc2c(cc1OC)C(c1ccccc1)N(S(=O)(=O)N1CCCCCC1)CC2. The maximum Gasteiger partial charge on any atom is 0.282 e. The molecule has 0 saturated carbocycles. The van der Waals surface area contributed by atoms with Gasteiger partial charge in [0.25, 0.3) is 10.2 Å². The molecular weight excluding hydrogens is 400 g/mol. The molecule has 0 radical (unpaired) electrons. The number of ether oxygens (including phenoxy) is 2. The van der Waals surface area contributed by atoms with Crippen molar-refractivity contribution in [3.05, 3.63) is 59.2 Å². The molecular formula is C23H30N2O4S. The Kier molecular flexibility index (Phi) is 6.32. The molecule has 1 atom stereocenters. The predicted octanol–water partition coefficient (Wildman–Crippen LogP) is 3.77. The summed E-state index contributed by atoms with van der Waals surface area (Å²) in [6, 6.07) is 13.4. The molecule has 0 spiro atoms. The molecule has 0 bridgehead atoms. The van der Waals surface area contributed by atoms with E-state index in [9.17, 15) is 8.42 Å². The van der Waals surface area contributed by atoms with Crippen LogP contribution in [0.5, 0.6) is 11.5 Å². The number of nitrogens with zero attached hydrogens (tertiary/aromatic N) is 2. The van der Waals surface area contributed by atoms with Crippen LogP contribution < -0.4 is 9.47 Å². The van der Waals surface area contributed by atoms with Crippen molar-refractivity contribution >= 4 is 10.2 Å². The Morgan fingerprint density at radius 3 is 2.13 bits per heavy atom. The summed E-state index contributed by atoms with van der Waals surface area (Å²) in [5.41, 5.74) is 3.02. The molecule has 1 saturated heterocycles. The topological polar surface area (TPSA) is 59.1 Å². The average Bonchev–Trinajstić information content (AvgIpc) is 3.08. The molecule has 1 fully saturated rings. The first-order valence-electron chi connectivity index (χ1n) is 10.6. The molecule has 1 unspecified atom stereocenters. The van der Waals surface area contributed by atoms with Crippen LogP contribution in [-0.4, -0.2) is 50.9 Å². The fraction of sp³-hybridized carbons (Fsp3) is 0.478. The highest BCUT2D eigenvalue weighted by Crippen LogP contribution is 2.42. The molecule has 0 aliphatic carbocycles. The van der Waals surface area contributed by atoms with E-state index in [0.717, 1.165) is 42.4 Å². The first-order chi connectivity index (χ1) is 14.6. The summed E-state index contributed by atoms with van der Waals surface area (Å²) in [5, 5.41) is 0. The second kappa shape index (κ2) is 8.96. The molecule has 6 nitrogen and oxygen atoms in total. The van der Waals surface area contributed by atoms with Crippen molar-refractivity contribution in [2.24, 2.45) is 0 Å². The summed E-state index contributed by atoms with van der Waals surface area (Å²) in [5.74, 6) is 1.29. The highest BCUT2D eigenvalue weighted by Gasteiger charge is 2.40. The lowest BCUT2D eigenvalue weighted by Crippen LogP contribution is -2.48. The minimum absolute atomic E-state index is 0.386. The van der Waals surface area contributed by atoms with Gasteiger partial charge in [0.2, 0.25) is 0 Å². The standard InChI is InChI=1S/C23H30N2O4S/c1-28-21-16-19-12-15-25(30(26,27)24-13-8-3-4-9-14-24)23(18-10-6-5-7-11-18)20(19)17-22(21)29-2/h5-7,10-11,16-17,23H,3-4,8-9,12-15H2,1-2H3. The Morgan fingerprint density at radius 2 is 1.50 bits per heavy atom. The van der Waals surface area contributed by atoms with E-state index in [-0.39, 0.29) is 6.04 Å². The van der Waals surface area contributed by atoms with E-state index in [1.807, 2.05) is 42.5 Å². The van der Waals surface area contributed by atoms with Crippen molar-refractivity contribution in [3.63, 3.8) is 0 Å². The first-order valence-corrected chi connectivity index (χ1v) is 12.0. The van der Waals surface area contributed by atoms with Crippen molar-refractivity contribution in [3.8, 4) is 11.5 Å². The zero-order chi connectivity index (χ0) is 21.1. The van der Waals surface area contributed by atoms with Gasteiger partial charge in [-0.3, -0.25) is 0 Å². The molecule has 4 rings (SSSR count). The van der Waals surface area contributed by atoms with Gasteiger partial charge in [-0.05, 0) is 48.1 Å². The van der Waals surface area contributed by atoms with E-state index in [0.29, 0.717) is 37.6 Å². The van der Waals surface area contributed by atoms with Gasteiger partial charge in [-0.25, -0.2) is 0 Å². The van der Waals surface area contributed by atoms with Crippen LogP contribution >= 0.6 is 0 Å². The Balaban J connectivity index is 1.82. The lowest BCUT2D eigenvalue weighted by Gasteiger charge is -2.39. The van der Waals surface area contributed by atoms with Gasteiger partial charge < -0.3 is 9.47 Å². The summed E-state index contributed by atoms with van der Waals surface area (Å²) in [6.45, 7) is 1.64. The maximum atomic E-state index is 13.8. The fourth-order valence-electron chi connectivity index (χ4n) is 4.57. The van der Waals surface area contributed by atoms with Crippen LogP contribution in [0.25, 0.3) is 0 Å². The Hall–Kier alpha value is -2.09. The molecule has 162 valence electrons. The van der Waals surface area contributed by atoms with Crippen molar-refractivity contribution in [2.45, 2.75) is 38.1 Å². The zero-order valence-corrected chi connectivity index (χ0v) is 18.5. The van der Waals surface area contributed by atoms with Crippen molar-refractivity contribution in [1.82, 2.24) is 8.61 Å². The molecule has 2 aliphatic rings. The minimum atomic E-state index is -3.59. The fourth-order valence-corrected chi connectivity index (χ4v) is 6.41. The smallest absolute Gasteiger partial charge is 0.282 e. The summed E-state index contributed by atoms with van der Waals surface area (Å²) in [4.78, 5) is 0. The number of rotatable bonds is 5. The number of benzene rings is 2. The van der Waals surface area contributed by atoms with Crippen LogP contribution in [0.2, 0.25) is 0 Å². The number of methoxy groups -OCH3 is 2. The van der Waals surface area contributed by atoms with E-state index in [4.69, 9.17) is 9.47 Å². The van der Waals surface area contributed by atoms with Crippen LogP contribution in [0.3, 0.4) is 0 Å². The van der Waals surface area contributed by atoms with Crippen molar-refractivity contribution < 1.29 is 17.9 Å². The van der Waals surface area contributed by atoms with E-state index in [2.05, 4.69) is 0 Å². The quantitative estimate of drug-likeness (QED) is 0.725. The van der Waals surface area contributed by atoms with Crippen LogP contribution in [0, 0.1) is 0 Å². The minimum Gasteiger partial charge on any atom is -0.493 e. The molecule has 30 heavy (non-hydrogen) atoms. The van der Waals surface area contributed by atoms with Gasteiger partial charge in [0.1, 0.15) is 0 Å². The van der Waals surface area contributed by atoms with Gasteiger partial charge in [-0.1, -0.05) is 43.2 Å². The average molecular weight is 431 g/mol. The van der Waals surface area contributed by atoms with Gasteiger partial charge in [0.05, 0.1) is 20.3 Å². The molecule has 2 aromatic rings. The van der Waals surface area contributed by atoms with Gasteiger partial charge in [0, 0.05) is 19.6 Å². The first kappa shape index (κ1) is 21.2. The van der Waals surface area contributed by atoms with E-state index in [1.165, 1.54) is 0 Å². The normalized spacial score (nSPS) is 20.9. The molecule has 0 amide bonds. The third-order valence-corrected chi connectivity index (χ3v) is 8.14. The second-order valence-corrected chi connectivity index (χ2v) is 9.78.